The molecule has 5 rings (SSSR count). The van der Waals surface area contributed by atoms with Crippen molar-refractivity contribution in [2.45, 2.75) is 76.5 Å². The minimum absolute atomic E-state index is 0.155. The number of carbonyl (C=O) groups excluding carboxylic acids is 1. The Kier molecular flexibility index (Phi) is 3.11. The van der Waals surface area contributed by atoms with Gasteiger partial charge < -0.3 is 9.47 Å². The van der Waals surface area contributed by atoms with Gasteiger partial charge in [-0.25, -0.2) is 9.78 Å². The van der Waals surface area contributed by atoms with Crippen LogP contribution < -0.4 is 0 Å². The van der Waals surface area contributed by atoms with E-state index in [-0.39, 0.29) is 11.9 Å². The SMILES string of the molecule is CCC[C@@]12CCC3[C@H](C)CC[C@H]4CC(=O)O[C@H](O1)[C@@]34OO2. The predicted molar refractivity (Wildman–Crippen MR) is 72.7 cm³/mol. The average Bonchev–Trinajstić information content (AvgIpc) is 2.69. The number of hydrogen-bond donors (Lipinski definition) is 0. The van der Waals surface area contributed by atoms with Crippen LogP contribution in [-0.2, 0) is 24.0 Å². The van der Waals surface area contributed by atoms with Crippen molar-refractivity contribution in [2.24, 2.45) is 17.8 Å². The lowest BCUT2D eigenvalue weighted by molar-refractivity contribution is -0.561. The van der Waals surface area contributed by atoms with Gasteiger partial charge in [-0.05, 0) is 25.2 Å². The molecule has 5 nitrogen and oxygen atoms in total. The van der Waals surface area contributed by atoms with Crippen molar-refractivity contribution in [1.82, 2.24) is 0 Å². The van der Waals surface area contributed by atoms with Gasteiger partial charge in [0.2, 0.25) is 12.1 Å². The molecule has 6 atom stereocenters. The van der Waals surface area contributed by atoms with Gasteiger partial charge in [0.25, 0.3) is 0 Å². The molecule has 1 aliphatic carbocycles. The molecule has 5 fully saturated rings. The smallest absolute Gasteiger partial charge is 0.308 e. The van der Waals surface area contributed by atoms with Crippen LogP contribution in [0.3, 0.4) is 0 Å². The molecule has 1 saturated carbocycles. The van der Waals surface area contributed by atoms with Gasteiger partial charge in [-0.2, -0.15) is 0 Å². The standard InChI is InChI=1S/C16H24O5/c1-3-7-15-8-6-12-10(2)4-5-11-9-13(17)18-14(19-15)16(11,12)21-20-15/h10-12,14H,3-9H2,1-2H3/t10-,11+,12?,14-,15-,16+/m1/s1. The zero-order chi connectivity index (χ0) is 14.7. The highest BCUT2D eigenvalue weighted by atomic mass is 17.3. The van der Waals surface area contributed by atoms with Crippen LogP contribution in [0.1, 0.15) is 58.8 Å². The Morgan fingerprint density at radius 2 is 2.10 bits per heavy atom. The van der Waals surface area contributed by atoms with E-state index < -0.39 is 17.7 Å². The maximum absolute atomic E-state index is 11.9. The summed E-state index contributed by atoms with van der Waals surface area (Å²) in [6.07, 6.45) is 5.50. The highest BCUT2D eigenvalue weighted by molar-refractivity contribution is 5.71. The van der Waals surface area contributed by atoms with Crippen molar-refractivity contribution in [3.8, 4) is 0 Å². The van der Waals surface area contributed by atoms with Crippen molar-refractivity contribution in [1.29, 1.82) is 0 Å². The van der Waals surface area contributed by atoms with Crippen LogP contribution in [0.5, 0.6) is 0 Å². The van der Waals surface area contributed by atoms with Gasteiger partial charge in [0.1, 0.15) is 0 Å². The van der Waals surface area contributed by atoms with E-state index in [2.05, 4.69) is 13.8 Å². The van der Waals surface area contributed by atoms with Crippen LogP contribution in [0, 0.1) is 17.8 Å². The van der Waals surface area contributed by atoms with Crippen LogP contribution in [0.25, 0.3) is 0 Å². The van der Waals surface area contributed by atoms with E-state index in [4.69, 9.17) is 19.2 Å². The Bertz CT molecular complexity index is 448. The van der Waals surface area contributed by atoms with Crippen molar-refractivity contribution < 1.29 is 24.0 Å². The first-order valence-corrected chi connectivity index (χ1v) is 8.34. The summed E-state index contributed by atoms with van der Waals surface area (Å²) < 4.78 is 11.8. The second-order valence-corrected chi connectivity index (χ2v) is 7.22. The molecule has 5 aliphatic rings. The summed E-state index contributed by atoms with van der Waals surface area (Å²) in [5, 5.41) is 0. The molecule has 118 valence electrons. The van der Waals surface area contributed by atoms with E-state index in [9.17, 15) is 4.79 Å². The van der Waals surface area contributed by atoms with E-state index in [1.165, 1.54) is 0 Å². The zero-order valence-corrected chi connectivity index (χ0v) is 12.8. The number of rotatable bonds is 2. The van der Waals surface area contributed by atoms with Gasteiger partial charge >= 0.3 is 5.97 Å². The molecule has 4 heterocycles. The van der Waals surface area contributed by atoms with Gasteiger partial charge in [0, 0.05) is 24.7 Å². The Hall–Kier alpha value is -0.650. The number of ether oxygens (including phenoxy) is 2. The largest absolute Gasteiger partial charge is 0.432 e. The van der Waals surface area contributed by atoms with Crippen LogP contribution in [0.2, 0.25) is 0 Å². The maximum Gasteiger partial charge on any atom is 0.308 e. The molecule has 0 aromatic carbocycles. The predicted octanol–water partition coefficient (Wildman–Crippen LogP) is 2.93. The lowest BCUT2D eigenvalue weighted by atomic mass is 9.60. The van der Waals surface area contributed by atoms with Crippen LogP contribution >= 0.6 is 0 Å². The molecule has 2 bridgehead atoms. The van der Waals surface area contributed by atoms with Gasteiger partial charge in [0.05, 0.1) is 6.42 Å². The number of carbonyl (C=O) groups is 1. The third kappa shape index (κ3) is 1.83. The Balaban J connectivity index is 1.76. The first-order valence-electron chi connectivity index (χ1n) is 8.34. The van der Waals surface area contributed by atoms with Gasteiger partial charge in [-0.1, -0.05) is 20.3 Å². The molecule has 0 aromatic rings. The Morgan fingerprint density at radius 1 is 1.24 bits per heavy atom. The second-order valence-electron chi connectivity index (χ2n) is 7.22. The fourth-order valence-corrected chi connectivity index (χ4v) is 4.97. The molecule has 21 heavy (non-hydrogen) atoms. The number of esters is 1. The highest BCUT2D eigenvalue weighted by Crippen LogP contribution is 2.59. The molecule has 0 N–H and O–H groups in total. The summed E-state index contributed by atoms with van der Waals surface area (Å²) in [7, 11) is 0. The highest BCUT2D eigenvalue weighted by Gasteiger charge is 2.68. The van der Waals surface area contributed by atoms with Gasteiger partial charge in [-0.15, -0.1) is 0 Å². The summed E-state index contributed by atoms with van der Waals surface area (Å²) in [6, 6.07) is 0. The van der Waals surface area contributed by atoms with E-state index in [1.54, 1.807) is 0 Å². The van der Waals surface area contributed by atoms with Crippen LogP contribution in [-0.4, -0.2) is 23.6 Å². The summed E-state index contributed by atoms with van der Waals surface area (Å²) in [6.45, 7) is 4.37. The second kappa shape index (κ2) is 4.67. The third-order valence-corrected chi connectivity index (χ3v) is 6.02. The van der Waals surface area contributed by atoms with E-state index in [0.29, 0.717) is 18.3 Å². The Labute approximate surface area is 125 Å². The first-order chi connectivity index (χ1) is 10.1. The summed E-state index contributed by atoms with van der Waals surface area (Å²) in [5.74, 6) is 0.150. The monoisotopic (exact) mass is 296 g/mol. The van der Waals surface area contributed by atoms with Crippen molar-refractivity contribution in [3.05, 3.63) is 0 Å². The lowest BCUT2D eigenvalue weighted by Gasteiger charge is -2.56. The molecule has 4 saturated heterocycles. The quantitative estimate of drug-likeness (QED) is 0.579. The topological polar surface area (TPSA) is 54.0 Å². The molecule has 5 heteroatoms. The fraction of sp³-hybridized carbons (Fsp3) is 0.938. The lowest BCUT2D eigenvalue weighted by Crippen LogP contribution is -2.68. The number of fused-ring (bicyclic) bond motifs is 2. The normalized spacial score (nSPS) is 52.0. The van der Waals surface area contributed by atoms with Crippen molar-refractivity contribution >= 4 is 5.97 Å². The molecule has 1 unspecified atom stereocenters. The minimum atomic E-state index is -0.732. The van der Waals surface area contributed by atoms with Gasteiger partial charge in [0.15, 0.2) is 5.60 Å². The van der Waals surface area contributed by atoms with E-state index in [1.807, 2.05) is 0 Å². The van der Waals surface area contributed by atoms with Crippen LogP contribution in [0.4, 0.5) is 0 Å². The van der Waals surface area contributed by atoms with Crippen LogP contribution in [0.15, 0.2) is 0 Å². The Morgan fingerprint density at radius 3 is 2.90 bits per heavy atom. The fourth-order valence-electron chi connectivity index (χ4n) is 4.97. The molecule has 0 radical (unpaired) electrons. The van der Waals surface area contributed by atoms with Crippen molar-refractivity contribution in [2.75, 3.05) is 0 Å². The van der Waals surface area contributed by atoms with E-state index in [0.717, 1.165) is 38.5 Å². The minimum Gasteiger partial charge on any atom is -0.432 e. The zero-order valence-electron chi connectivity index (χ0n) is 12.8. The molecule has 0 amide bonds. The van der Waals surface area contributed by atoms with E-state index >= 15 is 0 Å². The molecule has 4 aliphatic heterocycles. The average molecular weight is 296 g/mol. The molecular weight excluding hydrogens is 272 g/mol. The first kappa shape index (κ1) is 14.0. The summed E-state index contributed by atoms with van der Waals surface area (Å²) in [4.78, 5) is 23.8. The van der Waals surface area contributed by atoms with Crippen molar-refractivity contribution in [3.63, 3.8) is 0 Å². The maximum atomic E-state index is 11.9. The molecule has 1 spiro atoms. The summed E-state index contributed by atoms with van der Waals surface area (Å²) in [5.41, 5.74) is -0.584. The molecular formula is C16H24O5. The van der Waals surface area contributed by atoms with Gasteiger partial charge in [-0.3, -0.25) is 4.79 Å². The summed E-state index contributed by atoms with van der Waals surface area (Å²) >= 11 is 0. The molecule has 0 aromatic heterocycles. The third-order valence-electron chi connectivity index (χ3n) is 6.02. The number of hydrogen-bond acceptors (Lipinski definition) is 5.